The van der Waals surface area contributed by atoms with Gasteiger partial charge in [0.2, 0.25) is 11.8 Å². The lowest BCUT2D eigenvalue weighted by Crippen LogP contribution is -2.53. The minimum absolute atomic E-state index is 0.141. The van der Waals surface area contributed by atoms with E-state index in [1.165, 1.54) is 11.8 Å². The van der Waals surface area contributed by atoms with E-state index >= 15 is 0 Å². The van der Waals surface area contributed by atoms with Crippen molar-refractivity contribution in [1.29, 1.82) is 0 Å². The van der Waals surface area contributed by atoms with E-state index in [1.807, 2.05) is 20.8 Å². The van der Waals surface area contributed by atoms with Crippen molar-refractivity contribution in [3.8, 4) is 0 Å². The minimum Gasteiger partial charge on any atom is -0.480 e. The van der Waals surface area contributed by atoms with Gasteiger partial charge in [0.15, 0.2) is 5.12 Å². The summed E-state index contributed by atoms with van der Waals surface area (Å²) in [6, 6.07) is -1.57. The van der Waals surface area contributed by atoms with E-state index in [0.717, 1.165) is 11.8 Å². The number of hydrogen-bond donors (Lipinski definition) is 2. The maximum atomic E-state index is 13.0. The van der Waals surface area contributed by atoms with Gasteiger partial charge >= 0.3 is 5.97 Å². The van der Waals surface area contributed by atoms with Crippen LogP contribution in [-0.2, 0) is 19.2 Å². The summed E-state index contributed by atoms with van der Waals surface area (Å²) in [7, 11) is 0. The molecule has 0 aliphatic carbocycles. The summed E-state index contributed by atoms with van der Waals surface area (Å²) in [5, 5.41) is 11.4. The first-order valence-electron chi connectivity index (χ1n) is 9.14. The van der Waals surface area contributed by atoms with Crippen molar-refractivity contribution in [1.82, 2.24) is 10.2 Å². The van der Waals surface area contributed by atoms with Gasteiger partial charge in [-0.15, -0.1) is 11.8 Å². The summed E-state index contributed by atoms with van der Waals surface area (Å²) in [5.41, 5.74) is -0.151. The van der Waals surface area contributed by atoms with Crippen LogP contribution in [0.4, 0.5) is 0 Å². The second-order valence-electron chi connectivity index (χ2n) is 8.22. The van der Waals surface area contributed by atoms with E-state index in [9.17, 15) is 24.3 Å². The number of nitrogens with one attached hydrogen (secondary N) is 1. The number of amides is 2. The molecule has 27 heavy (non-hydrogen) atoms. The number of aliphatic carboxylic acids is 1. The van der Waals surface area contributed by atoms with Gasteiger partial charge in [-0.25, -0.2) is 4.79 Å². The summed E-state index contributed by atoms with van der Waals surface area (Å²) in [6.07, 6.45) is 2.05. The molecule has 0 aromatic heterocycles. The number of hydrogen-bond acceptors (Lipinski definition) is 6. The molecular weight excluding hydrogens is 388 g/mol. The van der Waals surface area contributed by atoms with Crippen LogP contribution in [0.3, 0.4) is 0 Å². The molecule has 9 heteroatoms. The first-order valence-corrected chi connectivity index (χ1v) is 11.1. The maximum Gasteiger partial charge on any atom is 0.326 e. The smallest absolute Gasteiger partial charge is 0.326 e. The van der Waals surface area contributed by atoms with Crippen molar-refractivity contribution in [2.75, 3.05) is 5.75 Å². The first-order chi connectivity index (χ1) is 12.5. The fourth-order valence-corrected chi connectivity index (χ4v) is 5.97. The third-order valence-electron chi connectivity index (χ3n) is 4.60. The number of carbonyl (C=O) groups excluding carboxylic acids is 3. The van der Waals surface area contributed by atoms with Crippen LogP contribution in [0.15, 0.2) is 0 Å². The highest BCUT2D eigenvalue weighted by Crippen LogP contribution is 2.36. The molecule has 0 saturated carbocycles. The van der Waals surface area contributed by atoms with Crippen LogP contribution >= 0.6 is 23.5 Å². The van der Waals surface area contributed by atoms with Crippen LogP contribution in [0.25, 0.3) is 0 Å². The zero-order chi connectivity index (χ0) is 20.4. The topological polar surface area (TPSA) is 104 Å². The second-order valence-corrected chi connectivity index (χ2v) is 10.9. The number of nitrogens with zero attached hydrogens (tertiary/aromatic N) is 1. The van der Waals surface area contributed by atoms with E-state index in [1.54, 1.807) is 11.8 Å². The Morgan fingerprint density at radius 2 is 1.96 bits per heavy atom. The van der Waals surface area contributed by atoms with Crippen LogP contribution < -0.4 is 5.32 Å². The van der Waals surface area contributed by atoms with E-state index < -0.39 is 23.3 Å². The molecule has 2 heterocycles. The number of rotatable bonds is 5. The van der Waals surface area contributed by atoms with Crippen molar-refractivity contribution in [2.24, 2.45) is 5.41 Å². The van der Waals surface area contributed by atoms with Gasteiger partial charge in [-0.3, -0.25) is 14.4 Å². The van der Waals surface area contributed by atoms with Gasteiger partial charge in [0.25, 0.3) is 0 Å². The van der Waals surface area contributed by atoms with E-state index in [2.05, 4.69) is 5.32 Å². The van der Waals surface area contributed by atoms with Gasteiger partial charge in [-0.05, 0) is 36.9 Å². The van der Waals surface area contributed by atoms with Crippen molar-refractivity contribution >= 4 is 46.4 Å². The Balaban J connectivity index is 2.13. The van der Waals surface area contributed by atoms with Crippen LogP contribution in [0, 0.1) is 5.41 Å². The van der Waals surface area contributed by atoms with Crippen molar-refractivity contribution in [3.63, 3.8) is 0 Å². The Morgan fingerprint density at radius 3 is 2.52 bits per heavy atom. The molecule has 0 aromatic carbocycles. The predicted molar refractivity (Wildman–Crippen MR) is 106 cm³/mol. The Kier molecular flexibility index (Phi) is 7.24. The van der Waals surface area contributed by atoms with Crippen molar-refractivity contribution in [2.45, 2.75) is 76.1 Å². The summed E-state index contributed by atoms with van der Waals surface area (Å²) < 4.78 is 0. The summed E-state index contributed by atoms with van der Waals surface area (Å²) in [4.78, 5) is 50.3. The lowest BCUT2D eigenvalue weighted by atomic mass is 9.90. The molecule has 0 radical (unpaired) electrons. The highest BCUT2D eigenvalue weighted by molar-refractivity contribution is 8.14. The molecule has 2 rings (SSSR count). The van der Waals surface area contributed by atoms with Gasteiger partial charge in [0.1, 0.15) is 12.1 Å². The molecule has 0 spiro atoms. The molecule has 2 aliphatic rings. The maximum absolute atomic E-state index is 13.0. The fourth-order valence-electron chi connectivity index (χ4n) is 3.45. The number of carboxylic acid groups (broad SMARTS) is 1. The minimum atomic E-state index is -1.00. The van der Waals surface area contributed by atoms with Gasteiger partial charge in [0, 0.05) is 6.92 Å². The Labute approximate surface area is 168 Å². The monoisotopic (exact) mass is 416 g/mol. The van der Waals surface area contributed by atoms with Crippen LogP contribution in [0.5, 0.6) is 0 Å². The lowest BCUT2D eigenvalue weighted by molar-refractivity contribution is -0.149. The Bertz CT molecular complexity index is 619. The Morgan fingerprint density at radius 1 is 1.30 bits per heavy atom. The number of thioether (sulfide) groups is 2. The zero-order valence-electron chi connectivity index (χ0n) is 16.2. The third-order valence-corrected chi connectivity index (χ3v) is 6.92. The summed E-state index contributed by atoms with van der Waals surface area (Å²) in [5.74, 6) is -0.992. The average Bonchev–Trinajstić information content (AvgIpc) is 2.88. The largest absolute Gasteiger partial charge is 0.480 e. The lowest BCUT2D eigenvalue weighted by Gasteiger charge is -2.30. The SMILES string of the molecule is CC(=O)SC(CC(C)(C)C)C(=O)N[C@H]1CCS[C@H]2CC[C@@H](C(=O)O)N2C1=O. The molecule has 2 aliphatic heterocycles. The van der Waals surface area contributed by atoms with E-state index in [-0.39, 0.29) is 27.7 Å². The highest BCUT2D eigenvalue weighted by Gasteiger charge is 2.45. The molecule has 1 unspecified atom stereocenters. The summed E-state index contributed by atoms with van der Waals surface area (Å²) in [6.45, 7) is 7.41. The number of carbonyl (C=O) groups is 4. The van der Waals surface area contributed by atoms with Gasteiger partial charge < -0.3 is 15.3 Å². The molecule has 152 valence electrons. The van der Waals surface area contributed by atoms with Crippen LogP contribution in [0.2, 0.25) is 0 Å². The standard InChI is InChI=1S/C18H28N2O5S2/c1-10(21)27-13(9-18(2,3)4)15(22)19-11-7-8-26-14-6-5-12(17(24)25)20(14)16(11)23/h11-14H,5-9H2,1-4H3,(H,19,22)(H,24,25)/t11-,12-,13?,14-/m0/s1. The molecule has 0 bridgehead atoms. The number of carboxylic acids is 1. The van der Waals surface area contributed by atoms with Gasteiger partial charge in [-0.2, -0.15) is 0 Å². The zero-order valence-corrected chi connectivity index (χ0v) is 17.8. The molecule has 4 atom stereocenters. The van der Waals surface area contributed by atoms with Crippen LogP contribution in [-0.4, -0.2) is 61.4 Å². The van der Waals surface area contributed by atoms with Gasteiger partial charge in [-0.1, -0.05) is 32.5 Å². The predicted octanol–water partition coefficient (Wildman–Crippen LogP) is 2.09. The highest BCUT2D eigenvalue weighted by atomic mass is 32.2. The van der Waals surface area contributed by atoms with E-state index in [4.69, 9.17) is 0 Å². The average molecular weight is 417 g/mol. The van der Waals surface area contributed by atoms with E-state index in [0.29, 0.717) is 31.4 Å². The third kappa shape index (κ3) is 5.88. The van der Waals surface area contributed by atoms with Crippen molar-refractivity contribution < 1.29 is 24.3 Å². The molecule has 2 N–H and O–H groups in total. The quantitative estimate of drug-likeness (QED) is 0.707. The van der Waals surface area contributed by atoms with Crippen molar-refractivity contribution in [3.05, 3.63) is 0 Å². The normalized spacial score (nSPS) is 26.9. The van der Waals surface area contributed by atoms with Crippen LogP contribution in [0.1, 0.15) is 53.4 Å². The molecule has 0 aromatic rings. The second kappa shape index (κ2) is 8.86. The molecule has 2 fully saturated rings. The molecule has 2 saturated heterocycles. The van der Waals surface area contributed by atoms with Gasteiger partial charge in [0.05, 0.1) is 10.6 Å². The Hall–Kier alpha value is -1.22. The fraction of sp³-hybridized carbons (Fsp3) is 0.778. The first kappa shape index (κ1) is 22.1. The summed E-state index contributed by atoms with van der Waals surface area (Å²) >= 11 is 2.55. The number of fused-ring (bicyclic) bond motifs is 1. The molecule has 2 amide bonds. The molecular formula is C18H28N2O5S2. The molecule has 7 nitrogen and oxygen atoms in total.